The lowest BCUT2D eigenvalue weighted by Gasteiger charge is -2.16. The van der Waals surface area contributed by atoms with Crippen LogP contribution < -0.4 is 0 Å². The van der Waals surface area contributed by atoms with Gasteiger partial charge in [-0.3, -0.25) is 14.5 Å². The highest BCUT2D eigenvalue weighted by Gasteiger charge is 2.39. The normalized spacial score (nSPS) is 14.4. The number of nitrogens with zero attached hydrogens (tertiary/aromatic N) is 1. The molecule has 0 saturated heterocycles. The summed E-state index contributed by atoms with van der Waals surface area (Å²) in [6, 6.07) is 15.6. The van der Waals surface area contributed by atoms with Crippen LogP contribution in [0.1, 0.15) is 37.0 Å². The van der Waals surface area contributed by atoms with Crippen molar-refractivity contribution in [3.63, 3.8) is 0 Å². The topological polar surface area (TPSA) is 46.6 Å². The summed E-state index contributed by atoms with van der Waals surface area (Å²) < 4.78 is 5.57. The number of amides is 2. The molecule has 0 saturated carbocycles. The van der Waals surface area contributed by atoms with Crippen molar-refractivity contribution in [3.05, 3.63) is 70.1 Å². The zero-order chi connectivity index (χ0) is 21.0. The number of hydrogen-bond acceptors (Lipinski definition) is 4. The molecule has 2 amide bonds. The lowest BCUT2D eigenvalue weighted by Crippen LogP contribution is -2.33. The van der Waals surface area contributed by atoms with Gasteiger partial charge in [0, 0.05) is 18.0 Å². The van der Waals surface area contributed by atoms with Crippen molar-refractivity contribution in [1.29, 1.82) is 0 Å². The molecule has 5 heteroatoms. The number of aryl methyl sites for hydroxylation is 2. The number of benzene rings is 2. The van der Waals surface area contributed by atoms with Crippen molar-refractivity contribution in [1.82, 2.24) is 4.90 Å². The molecule has 1 heterocycles. The van der Waals surface area contributed by atoms with Crippen LogP contribution in [0.4, 0.5) is 0 Å². The second kappa shape index (κ2) is 9.42. The van der Waals surface area contributed by atoms with Gasteiger partial charge in [-0.1, -0.05) is 48.2 Å². The maximum Gasteiger partial charge on any atom is 0.268 e. The van der Waals surface area contributed by atoms with E-state index >= 15 is 0 Å². The summed E-state index contributed by atoms with van der Waals surface area (Å²) in [5.41, 5.74) is 3.55. The average molecular weight is 410 g/mol. The number of thioether (sulfide) groups is 1. The number of ether oxygens (including phenoxy) is 1. The van der Waals surface area contributed by atoms with Gasteiger partial charge in [0.2, 0.25) is 0 Å². The maximum absolute atomic E-state index is 13.2. The Morgan fingerprint density at radius 2 is 1.69 bits per heavy atom. The first-order valence-corrected chi connectivity index (χ1v) is 10.7. The van der Waals surface area contributed by atoms with E-state index in [0.717, 1.165) is 21.6 Å². The van der Waals surface area contributed by atoms with Crippen molar-refractivity contribution in [2.45, 2.75) is 45.1 Å². The molecule has 0 unspecified atom stereocenters. The molecule has 2 aromatic carbocycles. The second-order valence-corrected chi connectivity index (χ2v) is 8.54. The minimum absolute atomic E-state index is 0.133. The van der Waals surface area contributed by atoms with Crippen LogP contribution in [-0.4, -0.2) is 36.0 Å². The Bertz CT molecular complexity index is 934. The first kappa shape index (κ1) is 21.3. The van der Waals surface area contributed by atoms with Crippen molar-refractivity contribution in [2.24, 2.45) is 0 Å². The van der Waals surface area contributed by atoms with Gasteiger partial charge in [0.05, 0.1) is 16.6 Å². The molecule has 0 aliphatic carbocycles. The summed E-state index contributed by atoms with van der Waals surface area (Å²) >= 11 is 1.36. The fourth-order valence-electron chi connectivity index (χ4n) is 3.15. The molecular weight excluding hydrogens is 382 g/mol. The smallest absolute Gasteiger partial charge is 0.268 e. The van der Waals surface area contributed by atoms with Crippen LogP contribution in [0, 0.1) is 13.8 Å². The molecule has 0 atom stereocenters. The molecule has 0 spiro atoms. The van der Waals surface area contributed by atoms with Crippen molar-refractivity contribution in [3.8, 4) is 0 Å². The van der Waals surface area contributed by atoms with Crippen LogP contribution >= 0.6 is 11.8 Å². The van der Waals surface area contributed by atoms with Gasteiger partial charge in [-0.15, -0.1) is 0 Å². The summed E-state index contributed by atoms with van der Waals surface area (Å²) in [6.45, 7) is 8.88. The average Bonchev–Trinajstić information content (AvgIpc) is 2.92. The van der Waals surface area contributed by atoms with Gasteiger partial charge in [-0.25, -0.2) is 0 Å². The number of hydrogen-bond donors (Lipinski definition) is 0. The third-order valence-corrected chi connectivity index (χ3v) is 5.95. The highest BCUT2D eigenvalue weighted by atomic mass is 32.2. The van der Waals surface area contributed by atoms with Crippen molar-refractivity contribution >= 4 is 29.1 Å². The molecule has 4 nitrogen and oxygen atoms in total. The Hall–Kier alpha value is -2.37. The second-order valence-electron chi connectivity index (χ2n) is 7.45. The summed E-state index contributed by atoms with van der Waals surface area (Å²) in [4.78, 5) is 29.2. The minimum Gasteiger partial charge on any atom is -0.379 e. The van der Waals surface area contributed by atoms with Crippen LogP contribution in [-0.2, 0) is 14.3 Å². The Kier molecular flexibility index (Phi) is 6.93. The quantitative estimate of drug-likeness (QED) is 0.455. The molecule has 2 aromatic rings. The first-order valence-electron chi connectivity index (χ1n) is 9.91. The number of carbonyl (C=O) groups is 2. The van der Waals surface area contributed by atoms with E-state index in [1.165, 1.54) is 16.7 Å². The van der Waals surface area contributed by atoms with E-state index in [1.54, 1.807) is 0 Å². The Labute approximate surface area is 176 Å². The SMILES string of the molecule is Cc1ccc(C2=C(Sc3ccccc3)C(=O)N(CCCOC(C)C)C2=O)cc1C. The van der Waals surface area contributed by atoms with Crippen molar-refractivity contribution in [2.75, 3.05) is 13.2 Å². The van der Waals surface area contributed by atoms with Gasteiger partial charge in [0.15, 0.2) is 0 Å². The zero-order valence-corrected chi connectivity index (χ0v) is 18.2. The van der Waals surface area contributed by atoms with Crippen LogP contribution in [0.25, 0.3) is 5.57 Å². The minimum atomic E-state index is -0.221. The summed E-state index contributed by atoms with van der Waals surface area (Å²) in [6.07, 6.45) is 0.757. The highest BCUT2D eigenvalue weighted by molar-refractivity contribution is 8.04. The Morgan fingerprint density at radius 1 is 0.966 bits per heavy atom. The standard InChI is InChI=1S/C24H27NO3S/c1-16(2)28-14-8-13-25-23(26)21(19-12-11-17(3)18(4)15-19)22(24(25)27)29-20-9-6-5-7-10-20/h5-7,9-12,15-16H,8,13-14H2,1-4H3. The fourth-order valence-corrected chi connectivity index (χ4v) is 4.18. The van der Waals surface area contributed by atoms with Gasteiger partial charge >= 0.3 is 0 Å². The van der Waals surface area contributed by atoms with Crippen LogP contribution in [0.15, 0.2) is 58.3 Å². The molecule has 152 valence electrons. The molecular formula is C24H27NO3S. The predicted molar refractivity (Wildman–Crippen MR) is 118 cm³/mol. The fraction of sp³-hybridized carbons (Fsp3) is 0.333. The highest BCUT2D eigenvalue weighted by Crippen LogP contribution is 2.40. The first-order chi connectivity index (χ1) is 13.9. The summed E-state index contributed by atoms with van der Waals surface area (Å²) in [5, 5.41) is 0. The van der Waals surface area contributed by atoms with Crippen molar-refractivity contribution < 1.29 is 14.3 Å². The molecule has 0 radical (unpaired) electrons. The van der Waals surface area contributed by atoms with Gasteiger partial charge in [0.25, 0.3) is 11.8 Å². The van der Waals surface area contributed by atoms with Crippen LogP contribution in [0.5, 0.6) is 0 Å². The van der Waals surface area contributed by atoms with E-state index in [9.17, 15) is 9.59 Å². The Morgan fingerprint density at radius 3 is 2.34 bits per heavy atom. The summed E-state index contributed by atoms with van der Waals surface area (Å²) in [5.74, 6) is -0.442. The monoisotopic (exact) mass is 409 g/mol. The van der Waals surface area contributed by atoms with Gasteiger partial charge in [-0.2, -0.15) is 0 Å². The van der Waals surface area contributed by atoms with E-state index in [0.29, 0.717) is 30.1 Å². The molecule has 0 aromatic heterocycles. The van der Waals surface area contributed by atoms with E-state index in [-0.39, 0.29) is 17.9 Å². The zero-order valence-electron chi connectivity index (χ0n) is 17.4. The van der Waals surface area contributed by atoms with Crippen LogP contribution in [0.2, 0.25) is 0 Å². The van der Waals surface area contributed by atoms with Gasteiger partial charge in [0.1, 0.15) is 0 Å². The maximum atomic E-state index is 13.2. The number of imide groups is 1. The molecule has 1 aliphatic rings. The van der Waals surface area contributed by atoms with E-state index in [4.69, 9.17) is 4.74 Å². The van der Waals surface area contributed by atoms with Gasteiger partial charge < -0.3 is 4.74 Å². The lowest BCUT2D eigenvalue weighted by molar-refractivity contribution is -0.136. The molecule has 1 aliphatic heterocycles. The third kappa shape index (κ3) is 4.98. The Balaban J connectivity index is 1.92. The third-order valence-electron chi connectivity index (χ3n) is 4.86. The van der Waals surface area contributed by atoms with E-state index in [2.05, 4.69) is 0 Å². The molecule has 29 heavy (non-hydrogen) atoms. The van der Waals surface area contributed by atoms with Gasteiger partial charge in [-0.05, 0) is 62.9 Å². The van der Waals surface area contributed by atoms with Crippen LogP contribution in [0.3, 0.4) is 0 Å². The van der Waals surface area contributed by atoms with E-state index in [1.807, 2.05) is 76.2 Å². The molecule has 3 rings (SSSR count). The number of rotatable bonds is 8. The summed E-state index contributed by atoms with van der Waals surface area (Å²) in [7, 11) is 0. The number of carbonyl (C=O) groups excluding carboxylic acids is 2. The largest absolute Gasteiger partial charge is 0.379 e. The predicted octanol–water partition coefficient (Wildman–Crippen LogP) is 4.99. The molecule has 0 bridgehead atoms. The van der Waals surface area contributed by atoms with E-state index < -0.39 is 0 Å². The lowest BCUT2D eigenvalue weighted by atomic mass is 10.0. The molecule has 0 fully saturated rings. The molecule has 0 N–H and O–H groups in total.